The van der Waals surface area contributed by atoms with Gasteiger partial charge in [0.1, 0.15) is 5.75 Å². The molecule has 0 heterocycles. The number of amides is 1. The monoisotopic (exact) mass is 375 g/mol. The number of hydrogen-bond donors (Lipinski definition) is 2. The Balaban J connectivity index is 2.05. The quantitative estimate of drug-likeness (QED) is 0.540. The van der Waals surface area contributed by atoms with E-state index in [2.05, 4.69) is 10.6 Å². The lowest BCUT2D eigenvalue weighted by Gasteiger charge is -2.22. The van der Waals surface area contributed by atoms with Crippen LogP contribution in [-0.2, 0) is 4.79 Å². The molecule has 0 aliphatic heterocycles. The summed E-state index contributed by atoms with van der Waals surface area (Å²) >= 11 is 0. The SMILES string of the molecule is CC[C@H](N[C@@H](C)C(=O)Nc1ccc(F)c([N+](=O)[O-])c1)c1ccc(OC)cc1. The Hall–Kier alpha value is -3.00. The van der Waals surface area contributed by atoms with Crippen LogP contribution < -0.4 is 15.4 Å². The van der Waals surface area contributed by atoms with Gasteiger partial charge in [-0.3, -0.25) is 20.2 Å². The molecule has 7 nitrogen and oxygen atoms in total. The van der Waals surface area contributed by atoms with Gasteiger partial charge in [-0.25, -0.2) is 0 Å². The van der Waals surface area contributed by atoms with Crippen LogP contribution in [0.1, 0.15) is 31.9 Å². The van der Waals surface area contributed by atoms with Gasteiger partial charge in [0.05, 0.1) is 18.1 Å². The molecule has 2 rings (SSSR count). The van der Waals surface area contributed by atoms with Gasteiger partial charge in [0, 0.05) is 17.8 Å². The normalized spacial score (nSPS) is 12.9. The number of carbonyl (C=O) groups excluding carboxylic acids is 1. The van der Waals surface area contributed by atoms with Crippen molar-refractivity contribution in [3.05, 3.63) is 64.0 Å². The Labute approximate surface area is 156 Å². The standard InChI is InChI=1S/C19H22FN3O4/c1-4-17(13-5-8-15(27-3)9-6-13)21-12(2)19(24)22-14-7-10-16(20)18(11-14)23(25)26/h5-12,17,21H,4H2,1-3H3,(H,22,24)/t12-,17-/m0/s1. The van der Waals surface area contributed by atoms with Crippen molar-refractivity contribution in [1.29, 1.82) is 0 Å². The van der Waals surface area contributed by atoms with Crippen molar-refractivity contribution in [2.45, 2.75) is 32.4 Å². The molecular weight excluding hydrogens is 353 g/mol. The molecule has 2 N–H and O–H groups in total. The van der Waals surface area contributed by atoms with Crippen molar-refractivity contribution in [1.82, 2.24) is 5.32 Å². The van der Waals surface area contributed by atoms with E-state index in [-0.39, 0.29) is 17.6 Å². The number of anilines is 1. The predicted octanol–water partition coefficient (Wildman–Crippen LogP) is 3.81. The number of benzene rings is 2. The van der Waals surface area contributed by atoms with E-state index in [0.717, 1.165) is 29.9 Å². The minimum atomic E-state index is -0.949. The largest absolute Gasteiger partial charge is 0.497 e. The first-order valence-corrected chi connectivity index (χ1v) is 8.50. The van der Waals surface area contributed by atoms with E-state index in [1.165, 1.54) is 6.07 Å². The molecule has 2 atom stereocenters. The Bertz CT molecular complexity index is 811. The third kappa shape index (κ3) is 5.24. The first-order chi connectivity index (χ1) is 12.8. The summed E-state index contributed by atoms with van der Waals surface area (Å²) < 4.78 is 18.5. The molecule has 0 radical (unpaired) electrons. The second kappa shape index (κ2) is 9.09. The van der Waals surface area contributed by atoms with Crippen LogP contribution in [-0.4, -0.2) is 24.0 Å². The zero-order valence-corrected chi connectivity index (χ0v) is 15.4. The number of nitrogens with zero attached hydrogens (tertiary/aromatic N) is 1. The van der Waals surface area contributed by atoms with Crippen LogP contribution in [0.25, 0.3) is 0 Å². The van der Waals surface area contributed by atoms with E-state index >= 15 is 0 Å². The lowest BCUT2D eigenvalue weighted by atomic mass is 10.0. The van der Waals surface area contributed by atoms with Gasteiger partial charge in [0.25, 0.3) is 0 Å². The number of methoxy groups -OCH3 is 1. The molecule has 0 saturated carbocycles. The number of nitro groups is 1. The third-order valence-electron chi connectivity index (χ3n) is 4.18. The first kappa shape index (κ1) is 20.3. The number of nitrogens with one attached hydrogen (secondary N) is 2. The van der Waals surface area contributed by atoms with E-state index in [0.29, 0.717) is 0 Å². The molecule has 1 amide bonds. The van der Waals surface area contributed by atoms with E-state index in [9.17, 15) is 19.3 Å². The zero-order chi connectivity index (χ0) is 20.0. The minimum Gasteiger partial charge on any atom is -0.497 e. The van der Waals surface area contributed by atoms with Gasteiger partial charge in [0.2, 0.25) is 11.7 Å². The molecule has 0 unspecified atom stereocenters. The number of halogens is 1. The van der Waals surface area contributed by atoms with Gasteiger partial charge in [-0.15, -0.1) is 0 Å². The van der Waals surface area contributed by atoms with Crippen LogP contribution in [0.15, 0.2) is 42.5 Å². The summed E-state index contributed by atoms with van der Waals surface area (Å²) in [4.78, 5) is 22.4. The number of ether oxygens (including phenoxy) is 1. The number of nitro benzene ring substituents is 1. The Morgan fingerprint density at radius 2 is 1.93 bits per heavy atom. The van der Waals surface area contributed by atoms with Gasteiger partial charge in [0.15, 0.2) is 0 Å². The van der Waals surface area contributed by atoms with Gasteiger partial charge >= 0.3 is 5.69 Å². The second-order valence-corrected chi connectivity index (χ2v) is 6.03. The van der Waals surface area contributed by atoms with Crippen LogP contribution in [0.5, 0.6) is 5.75 Å². The molecule has 2 aromatic rings. The van der Waals surface area contributed by atoms with Crippen molar-refractivity contribution in [2.75, 3.05) is 12.4 Å². The maximum atomic E-state index is 13.4. The number of rotatable bonds is 8. The Morgan fingerprint density at radius 1 is 1.26 bits per heavy atom. The lowest BCUT2D eigenvalue weighted by Crippen LogP contribution is -2.40. The summed E-state index contributed by atoms with van der Waals surface area (Å²) in [5.74, 6) is -0.574. The van der Waals surface area contributed by atoms with Crippen LogP contribution >= 0.6 is 0 Å². The van der Waals surface area contributed by atoms with Crippen LogP contribution in [0.4, 0.5) is 15.8 Å². The number of hydrogen-bond acceptors (Lipinski definition) is 5. The zero-order valence-electron chi connectivity index (χ0n) is 15.4. The summed E-state index contributed by atoms with van der Waals surface area (Å²) in [7, 11) is 1.59. The Kier molecular flexibility index (Phi) is 6.84. The fourth-order valence-electron chi connectivity index (χ4n) is 2.64. The summed E-state index contributed by atoms with van der Waals surface area (Å²) in [6.07, 6.45) is 0.756. The molecule has 0 saturated heterocycles. The van der Waals surface area contributed by atoms with Crippen molar-refractivity contribution < 1.29 is 18.8 Å². The fraction of sp³-hybridized carbons (Fsp3) is 0.316. The summed E-state index contributed by atoms with van der Waals surface area (Å²) in [6, 6.07) is 10.2. The third-order valence-corrected chi connectivity index (χ3v) is 4.18. The smallest absolute Gasteiger partial charge is 0.306 e. The maximum absolute atomic E-state index is 13.4. The van der Waals surface area contributed by atoms with Crippen molar-refractivity contribution >= 4 is 17.3 Å². The summed E-state index contributed by atoms with van der Waals surface area (Å²) in [5, 5.41) is 16.6. The molecule has 0 aromatic heterocycles. The van der Waals surface area contributed by atoms with Gasteiger partial charge in [-0.2, -0.15) is 4.39 Å². The predicted molar refractivity (Wildman–Crippen MR) is 100 cm³/mol. The van der Waals surface area contributed by atoms with Gasteiger partial charge in [-0.1, -0.05) is 19.1 Å². The molecule has 0 spiro atoms. The molecular formula is C19H22FN3O4. The molecule has 0 fully saturated rings. The lowest BCUT2D eigenvalue weighted by molar-refractivity contribution is -0.387. The second-order valence-electron chi connectivity index (χ2n) is 6.03. The first-order valence-electron chi connectivity index (χ1n) is 8.50. The van der Waals surface area contributed by atoms with E-state index < -0.39 is 22.5 Å². The van der Waals surface area contributed by atoms with E-state index in [1.807, 2.05) is 31.2 Å². The molecule has 2 aromatic carbocycles. The molecule has 0 aliphatic rings. The number of carbonyl (C=O) groups is 1. The molecule has 8 heteroatoms. The van der Waals surface area contributed by atoms with Crippen molar-refractivity contribution in [3.8, 4) is 5.75 Å². The molecule has 0 aliphatic carbocycles. The molecule has 144 valence electrons. The summed E-state index contributed by atoms with van der Waals surface area (Å²) in [5.41, 5.74) is 0.493. The Morgan fingerprint density at radius 3 is 2.48 bits per heavy atom. The average molecular weight is 375 g/mol. The molecule has 27 heavy (non-hydrogen) atoms. The highest BCUT2D eigenvalue weighted by Gasteiger charge is 2.20. The highest BCUT2D eigenvalue weighted by Crippen LogP contribution is 2.23. The maximum Gasteiger partial charge on any atom is 0.306 e. The minimum absolute atomic E-state index is 0.0563. The van der Waals surface area contributed by atoms with E-state index in [1.54, 1.807) is 14.0 Å². The van der Waals surface area contributed by atoms with Crippen LogP contribution in [0, 0.1) is 15.9 Å². The van der Waals surface area contributed by atoms with Gasteiger partial charge in [-0.05, 0) is 43.2 Å². The summed E-state index contributed by atoms with van der Waals surface area (Å²) in [6.45, 7) is 3.69. The van der Waals surface area contributed by atoms with Gasteiger partial charge < -0.3 is 10.1 Å². The highest BCUT2D eigenvalue weighted by atomic mass is 19.1. The molecule has 0 bridgehead atoms. The van der Waals surface area contributed by atoms with Crippen molar-refractivity contribution in [3.63, 3.8) is 0 Å². The average Bonchev–Trinajstić information content (AvgIpc) is 2.67. The highest BCUT2D eigenvalue weighted by molar-refractivity contribution is 5.94. The van der Waals surface area contributed by atoms with Crippen LogP contribution in [0.3, 0.4) is 0 Å². The topological polar surface area (TPSA) is 93.5 Å². The van der Waals surface area contributed by atoms with Crippen molar-refractivity contribution in [2.24, 2.45) is 0 Å². The van der Waals surface area contributed by atoms with E-state index in [4.69, 9.17) is 4.74 Å². The van der Waals surface area contributed by atoms with Crippen LogP contribution in [0.2, 0.25) is 0 Å². The fourth-order valence-corrected chi connectivity index (χ4v) is 2.64.